The number of hydrogen-bond acceptors (Lipinski definition) is 5. The molecule has 3 aromatic rings. The fraction of sp³-hybridized carbons (Fsp3) is 0.250. The Hall–Kier alpha value is -3.22. The maximum Gasteiger partial charge on any atom is 0.338 e. The van der Waals surface area contributed by atoms with Crippen LogP contribution in [0.5, 0.6) is 0 Å². The van der Waals surface area contributed by atoms with Crippen LogP contribution in [-0.4, -0.2) is 49.7 Å². The van der Waals surface area contributed by atoms with E-state index in [1.807, 2.05) is 54.6 Å². The molecule has 0 unspecified atom stereocenters. The van der Waals surface area contributed by atoms with Crippen molar-refractivity contribution in [3.8, 4) is 0 Å². The zero-order valence-corrected chi connectivity index (χ0v) is 16.7. The van der Waals surface area contributed by atoms with Gasteiger partial charge in [0.2, 0.25) is 0 Å². The van der Waals surface area contributed by atoms with E-state index in [4.69, 9.17) is 9.47 Å². The second-order valence-corrected chi connectivity index (χ2v) is 7.27. The first-order valence-corrected chi connectivity index (χ1v) is 10.0. The third-order valence-electron chi connectivity index (χ3n) is 5.07. The third kappa shape index (κ3) is 5.23. The number of carbonyl (C=O) groups excluding carboxylic acids is 2. The minimum absolute atomic E-state index is 0.332. The van der Waals surface area contributed by atoms with Gasteiger partial charge in [-0.15, -0.1) is 0 Å². The van der Waals surface area contributed by atoms with Crippen LogP contribution in [0.1, 0.15) is 15.9 Å². The molecular weight excluding hydrogens is 380 g/mol. The number of nitrogens with one attached hydrogen (secondary N) is 1. The second-order valence-electron chi connectivity index (χ2n) is 7.27. The van der Waals surface area contributed by atoms with Crippen LogP contribution in [0, 0.1) is 0 Å². The van der Waals surface area contributed by atoms with Gasteiger partial charge in [-0.2, -0.15) is 0 Å². The third-order valence-corrected chi connectivity index (χ3v) is 5.07. The molecule has 1 amide bonds. The molecule has 6 nitrogen and oxygen atoms in total. The quantitative estimate of drug-likeness (QED) is 0.637. The molecule has 0 aromatic heterocycles. The molecular formula is C24H24N2O4. The lowest BCUT2D eigenvalue weighted by Crippen LogP contribution is -2.35. The van der Waals surface area contributed by atoms with Gasteiger partial charge in [-0.25, -0.2) is 4.79 Å². The summed E-state index contributed by atoms with van der Waals surface area (Å²) in [4.78, 5) is 26.7. The monoisotopic (exact) mass is 404 g/mol. The van der Waals surface area contributed by atoms with E-state index in [9.17, 15) is 9.59 Å². The van der Waals surface area contributed by atoms with E-state index in [-0.39, 0.29) is 12.5 Å². The highest BCUT2D eigenvalue weighted by Gasteiger charge is 2.13. The molecule has 0 radical (unpaired) electrons. The average Bonchev–Trinajstić information content (AvgIpc) is 2.78. The molecule has 0 spiro atoms. The van der Waals surface area contributed by atoms with Crippen molar-refractivity contribution in [3.63, 3.8) is 0 Å². The van der Waals surface area contributed by atoms with Gasteiger partial charge in [0.25, 0.3) is 5.91 Å². The summed E-state index contributed by atoms with van der Waals surface area (Å²) >= 11 is 0. The Morgan fingerprint density at radius 3 is 2.43 bits per heavy atom. The molecule has 6 heteroatoms. The Balaban J connectivity index is 1.27. The first kappa shape index (κ1) is 20.1. The van der Waals surface area contributed by atoms with Crippen molar-refractivity contribution >= 4 is 28.3 Å². The van der Waals surface area contributed by atoms with Crippen LogP contribution in [0.25, 0.3) is 10.8 Å². The number of carbonyl (C=O) groups is 2. The van der Waals surface area contributed by atoms with Crippen LogP contribution in [0.15, 0.2) is 66.7 Å². The summed E-state index contributed by atoms with van der Waals surface area (Å²) in [5.74, 6) is -0.885. The summed E-state index contributed by atoms with van der Waals surface area (Å²) in [6.07, 6.45) is 0. The molecule has 1 fully saturated rings. The fourth-order valence-electron chi connectivity index (χ4n) is 3.44. The largest absolute Gasteiger partial charge is 0.452 e. The van der Waals surface area contributed by atoms with Gasteiger partial charge >= 0.3 is 5.97 Å². The van der Waals surface area contributed by atoms with Crippen LogP contribution in [0.4, 0.5) is 5.69 Å². The zero-order valence-electron chi connectivity index (χ0n) is 16.7. The molecule has 3 aromatic carbocycles. The van der Waals surface area contributed by atoms with E-state index in [1.54, 1.807) is 12.1 Å². The van der Waals surface area contributed by atoms with Gasteiger partial charge in [0.15, 0.2) is 6.61 Å². The van der Waals surface area contributed by atoms with Crippen LogP contribution < -0.4 is 5.32 Å². The lowest BCUT2D eigenvalue weighted by molar-refractivity contribution is -0.119. The first-order chi connectivity index (χ1) is 14.7. The Morgan fingerprint density at radius 2 is 1.67 bits per heavy atom. The summed E-state index contributed by atoms with van der Waals surface area (Å²) < 4.78 is 10.5. The Kier molecular flexibility index (Phi) is 6.37. The molecule has 154 valence electrons. The Bertz CT molecular complexity index is 1030. The van der Waals surface area contributed by atoms with Gasteiger partial charge in [-0.3, -0.25) is 9.69 Å². The maximum atomic E-state index is 12.2. The summed E-state index contributed by atoms with van der Waals surface area (Å²) in [7, 11) is 0. The lowest BCUT2D eigenvalue weighted by atomic mass is 10.1. The Labute approximate surface area is 175 Å². The number of hydrogen-bond donors (Lipinski definition) is 1. The highest BCUT2D eigenvalue weighted by Crippen LogP contribution is 2.18. The number of benzene rings is 3. The van der Waals surface area contributed by atoms with Crippen molar-refractivity contribution in [2.24, 2.45) is 0 Å². The maximum absolute atomic E-state index is 12.2. The van der Waals surface area contributed by atoms with Crippen LogP contribution in [0.2, 0.25) is 0 Å². The molecule has 1 N–H and O–H groups in total. The SMILES string of the molecule is O=C(COC(=O)c1ccc(CN2CCOCC2)cc1)Nc1ccc2ccccc2c1. The van der Waals surface area contributed by atoms with Crippen LogP contribution in [0.3, 0.4) is 0 Å². The average molecular weight is 404 g/mol. The van der Waals surface area contributed by atoms with Gasteiger partial charge in [-0.05, 0) is 40.6 Å². The molecule has 0 saturated carbocycles. The number of ether oxygens (including phenoxy) is 2. The second kappa shape index (κ2) is 9.52. The number of anilines is 1. The van der Waals surface area contributed by atoms with Crippen LogP contribution in [-0.2, 0) is 20.8 Å². The van der Waals surface area contributed by atoms with E-state index in [0.29, 0.717) is 11.3 Å². The molecule has 0 aliphatic carbocycles. The molecule has 1 saturated heterocycles. The number of rotatable bonds is 6. The van der Waals surface area contributed by atoms with Crippen molar-refractivity contribution in [2.45, 2.75) is 6.54 Å². The van der Waals surface area contributed by atoms with Gasteiger partial charge in [0, 0.05) is 25.3 Å². The van der Waals surface area contributed by atoms with E-state index < -0.39 is 5.97 Å². The van der Waals surface area contributed by atoms with Gasteiger partial charge < -0.3 is 14.8 Å². The molecule has 0 bridgehead atoms. The minimum atomic E-state index is -0.512. The van der Waals surface area contributed by atoms with Crippen molar-refractivity contribution in [3.05, 3.63) is 77.9 Å². The standard InChI is InChI=1S/C24H24N2O4/c27-23(25-22-10-9-19-3-1-2-4-21(19)15-22)17-30-24(28)20-7-5-18(6-8-20)16-26-11-13-29-14-12-26/h1-10,15H,11-14,16-17H2,(H,25,27). The van der Waals surface area contributed by atoms with Crippen molar-refractivity contribution < 1.29 is 19.1 Å². The topological polar surface area (TPSA) is 67.9 Å². The number of fused-ring (bicyclic) bond motifs is 1. The highest BCUT2D eigenvalue weighted by atomic mass is 16.5. The predicted molar refractivity (Wildman–Crippen MR) is 115 cm³/mol. The minimum Gasteiger partial charge on any atom is -0.452 e. The van der Waals surface area contributed by atoms with Crippen LogP contribution >= 0.6 is 0 Å². The molecule has 1 heterocycles. The fourth-order valence-corrected chi connectivity index (χ4v) is 3.44. The molecule has 30 heavy (non-hydrogen) atoms. The number of nitrogens with zero attached hydrogens (tertiary/aromatic N) is 1. The highest BCUT2D eigenvalue weighted by molar-refractivity contribution is 5.97. The van der Waals surface area contributed by atoms with Gasteiger partial charge in [0.1, 0.15) is 0 Å². The number of esters is 1. The van der Waals surface area contributed by atoms with Crippen molar-refractivity contribution in [1.29, 1.82) is 0 Å². The smallest absolute Gasteiger partial charge is 0.338 e. The van der Waals surface area contributed by atoms with E-state index in [0.717, 1.165) is 49.2 Å². The molecule has 1 aliphatic rings. The first-order valence-electron chi connectivity index (χ1n) is 10.0. The molecule has 4 rings (SSSR count). The van der Waals surface area contributed by atoms with E-state index >= 15 is 0 Å². The molecule has 0 atom stereocenters. The normalized spacial score (nSPS) is 14.4. The van der Waals surface area contributed by atoms with Gasteiger partial charge in [0.05, 0.1) is 18.8 Å². The number of amides is 1. The Morgan fingerprint density at radius 1 is 0.933 bits per heavy atom. The van der Waals surface area contributed by atoms with E-state index in [1.165, 1.54) is 0 Å². The summed E-state index contributed by atoms with van der Waals surface area (Å²) in [6.45, 7) is 3.83. The molecule has 1 aliphatic heterocycles. The lowest BCUT2D eigenvalue weighted by Gasteiger charge is -2.26. The van der Waals surface area contributed by atoms with Crippen molar-refractivity contribution in [2.75, 3.05) is 38.2 Å². The van der Waals surface area contributed by atoms with E-state index in [2.05, 4.69) is 10.2 Å². The van der Waals surface area contributed by atoms with Crippen molar-refractivity contribution in [1.82, 2.24) is 4.90 Å². The summed E-state index contributed by atoms with van der Waals surface area (Å²) in [5.41, 5.74) is 2.23. The van der Waals surface area contributed by atoms with Gasteiger partial charge in [-0.1, -0.05) is 42.5 Å². The number of morpholine rings is 1. The predicted octanol–water partition coefficient (Wildman–Crippen LogP) is 3.47. The summed E-state index contributed by atoms with van der Waals surface area (Å²) in [5, 5.41) is 4.89. The zero-order chi connectivity index (χ0) is 20.8. The summed E-state index contributed by atoms with van der Waals surface area (Å²) in [6, 6.07) is 20.9.